The zero-order chi connectivity index (χ0) is 13.4. The van der Waals surface area contributed by atoms with E-state index in [4.69, 9.17) is 4.74 Å². The highest BCUT2D eigenvalue weighted by molar-refractivity contribution is 7.98. The second-order valence-corrected chi connectivity index (χ2v) is 4.93. The first-order valence-electron chi connectivity index (χ1n) is 5.82. The number of benzene rings is 1. The Bertz CT molecular complexity index is 385. The van der Waals surface area contributed by atoms with Crippen LogP contribution in [0, 0.1) is 0 Å². The highest BCUT2D eigenvalue weighted by Gasteiger charge is 2.05. The molecule has 0 fully saturated rings. The molecule has 100 valence electrons. The fourth-order valence-corrected chi connectivity index (χ4v) is 2.10. The number of ether oxygens (including phenoxy) is 1. The number of hydrogen-bond donors (Lipinski definition) is 2. The van der Waals surface area contributed by atoms with Crippen molar-refractivity contribution in [3.05, 3.63) is 24.3 Å². The Morgan fingerprint density at radius 3 is 2.94 bits per heavy atom. The molecule has 1 atom stereocenters. The summed E-state index contributed by atoms with van der Waals surface area (Å²) in [5.41, 5.74) is 0.749. The van der Waals surface area contributed by atoms with Crippen LogP contribution in [0.5, 0.6) is 5.75 Å². The number of thioether (sulfide) groups is 1. The number of carbonyl (C=O) groups excluding carboxylic acids is 1. The summed E-state index contributed by atoms with van der Waals surface area (Å²) in [5.74, 6) is 1.68. The molecule has 5 heteroatoms. The molecule has 0 spiro atoms. The number of nitrogens with one attached hydrogen (secondary N) is 2. The number of rotatable bonds is 7. The van der Waals surface area contributed by atoms with Gasteiger partial charge in [-0.1, -0.05) is 6.07 Å². The molecule has 1 rings (SSSR count). The predicted octanol–water partition coefficient (Wildman–Crippen LogP) is 1.97. The van der Waals surface area contributed by atoms with Gasteiger partial charge in [-0.3, -0.25) is 4.79 Å². The lowest BCUT2D eigenvalue weighted by molar-refractivity contribution is -0.115. The molecule has 0 bridgehead atoms. The third kappa shape index (κ3) is 5.42. The molecule has 0 aliphatic carbocycles. The van der Waals surface area contributed by atoms with Gasteiger partial charge in [-0.25, -0.2) is 0 Å². The average molecular weight is 268 g/mol. The largest absolute Gasteiger partial charge is 0.497 e. The summed E-state index contributed by atoms with van der Waals surface area (Å²) in [6, 6.07) is 7.65. The SMILES string of the molecule is COc1cccc(NC(=O)CNC(C)CSC)c1. The zero-order valence-electron chi connectivity index (χ0n) is 11.0. The van der Waals surface area contributed by atoms with Gasteiger partial charge in [-0.15, -0.1) is 0 Å². The van der Waals surface area contributed by atoms with E-state index in [0.717, 1.165) is 17.2 Å². The van der Waals surface area contributed by atoms with Crippen LogP contribution in [0.25, 0.3) is 0 Å². The first-order chi connectivity index (χ1) is 8.65. The Labute approximate surface area is 112 Å². The van der Waals surface area contributed by atoms with E-state index in [9.17, 15) is 4.79 Å². The van der Waals surface area contributed by atoms with E-state index in [1.54, 1.807) is 24.9 Å². The van der Waals surface area contributed by atoms with Crippen molar-refractivity contribution >= 4 is 23.4 Å². The lowest BCUT2D eigenvalue weighted by Gasteiger charge is -2.12. The molecule has 18 heavy (non-hydrogen) atoms. The fourth-order valence-electron chi connectivity index (χ4n) is 1.48. The molecule has 0 saturated carbocycles. The lowest BCUT2D eigenvalue weighted by atomic mass is 10.3. The molecule has 0 radical (unpaired) electrons. The van der Waals surface area contributed by atoms with E-state index >= 15 is 0 Å². The molecule has 1 unspecified atom stereocenters. The maximum Gasteiger partial charge on any atom is 0.238 e. The van der Waals surface area contributed by atoms with Crippen LogP contribution < -0.4 is 15.4 Å². The third-order valence-corrected chi connectivity index (χ3v) is 3.21. The van der Waals surface area contributed by atoms with Gasteiger partial charge >= 0.3 is 0 Å². The fraction of sp³-hybridized carbons (Fsp3) is 0.462. The Kier molecular flexibility index (Phi) is 6.60. The van der Waals surface area contributed by atoms with Crippen LogP contribution in [0.15, 0.2) is 24.3 Å². The van der Waals surface area contributed by atoms with Gasteiger partial charge in [0.2, 0.25) is 5.91 Å². The standard InChI is InChI=1S/C13H20N2O2S/c1-10(9-18-3)14-8-13(16)15-11-5-4-6-12(7-11)17-2/h4-7,10,14H,8-9H2,1-3H3,(H,15,16). The van der Waals surface area contributed by atoms with Crippen LogP contribution in [0.4, 0.5) is 5.69 Å². The minimum atomic E-state index is -0.0452. The normalized spacial score (nSPS) is 11.9. The zero-order valence-corrected chi connectivity index (χ0v) is 11.8. The highest BCUT2D eigenvalue weighted by Crippen LogP contribution is 2.16. The van der Waals surface area contributed by atoms with Crippen LogP contribution in [0.3, 0.4) is 0 Å². The molecule has 4 nitrogen and oxygen atoms in total. The molecule has 0 heterocycles. The van der Waals surface area contributed by atoms with E-state index in [-0.39, 0.29) is 5.91 Å². The summed E-state index contributed by atoms with van der Waals surface area (Å²) in [6.07, 6.45) is 2.05. The summed E-state index contributed by atoms with van der Waals surface area (Å²) in [5, 5.41) is 5.99. The predicted molar refractivity (Wildman–Crippen MR) is 77.5 cm³/mol. The van der Waals surface area contributed by atoms with Crippen molar-refractivity contribution in [2.75, 3.05) is 31.0 Å². The van der Waals surface area contributed by atoms with Crippen LogP contribution >= 0.6 is 11.8 Å². The van der Waals surface area contributed by atoms with Gasteiger partial charge in [0, 0.05) is 23.5 Å². The van der Waals surface area contributed by atoms with Crippen molar-refractivity contribution in [1.82, 2.24) is 5.32 Å². The number of methoxy groups -OCH3 is 1. The quantitative estimate of drug-likeness (QED) is 0.794. The van der Waals surface area contributed by atoms with Gasteiger partial charge in [0.1, 0.15) is 5.75 Å². The molecule has 1 aromatic rings. The van der Waals surface area contributed by atoms with Crippen LogP contribution in [0.1, 0.15) is 6.92 Å². The molecular weight excluding hydrogens is 248 g/mol. The average Bonchev–Trinajstić information content (AvgIpc) is 2.37. The summed E-state index contributed by atoms with van der Waals surface area (Å²) in [6.45, 7) is 2.38. The number of hydrogen-bond acceptors (Lipinski definition) is 4. The van der Waals surface area contributed by atoms with Crippen molar-refractivity contribution in [3.8, 4) is 5.75 Å². The van der Waals surface area contributed by atoms with Gasteiger partial charge in [-0.2, -0.15) is 11.8 Å². The molecule has 0 aliphatic heterocycles. The van der Waals surface area contributed by atoms with E-state index in [0.29, 0.717) is 12.6 Å². The smallest absolute Gasteiger partial charge is 0.238 e. The minimum Gasteiger partial charge on any atom is -0.497 e. The lowest BCUT2D eigenvalue weighted by Crippen LogP contribution is -2.35. The Morgan fingerprint density at radius 1 is 1.50 bits per heavy atom. The summed E-state index contributed by atoms with van der Waals surface area (Å²) < 4.78 is 5.10. The summed E-state index contributed by atoms with van der Waals surface area (Å²) >= 11 is 1.76. The molecule has 1 amide bonds. The first kappa shape index (κ1) is 14.9. The Morgan fingerprint density at radius 2 is 2.28 bits per heavy atom. The van der Waals surface area contributed by atoms with Gasteiger partial charge in [-0.05, 0) is 25.3 Å². The molecule has 0 saturated heterocycles. The van der Waals surface area contributed by atoms with E-state index in [1.807, 2.05) is 18.2 Å². The third-order valence-electron chi connectivity index (χ3n) is 2.38. The second kappa shape index (κ2) is 8.00. The summed E-state index contributed by atoms with van der Waals surface area (Å²) in [7, 11) is 1.60. The molecule has 0 aromatic heterocycles. The van der Waals surface area contributed by atoms with Crippen molar-refractivity contribution in [2.24, 2.45) is 0 Å². The maximum atomic E-state index is 11.7. The van der Waals surface area contributed by atoms with E-state index in [1.165, 1.54) is 0 Å². The minimum absolute atomic E-state index is 0.0452. The van der Waals surface area contributed by atoms with Crippen LogP contribution in [-0.2, 0) is 4.79 Å². The van der Waals surface area contributed by atoms with Crippen molar-refractivity contribution in [1.29, 1.82) is 0 Å². The van der Waals surface area contributed by atoms with Gasteiger partial charge < -0.3 is 15.4 Å². The Hall–Kier alpha value is -1.20. The van der Waals surface area contributed by atoms with Crippen molar-refractivity contribution in [2.45, 2.75) is 13.0 Å². The molecular formula is C13H20N2O2S. The van der Waals surface area contributed by atoms with Gasteiger partial charge in [0.15, 0.2) is 0 Å². The monoisotopic (exact) mass is 268 g/mol. The van der Waals surface area contributed by atoms with E-state index in [2.05, 4.69) is 23.8 Å². The topological polar surface area (TPSA) is 50.4 Å². The van der Waals surface area contributed by atoms with Crippen molar-refractivity contribution < 1.29 is 9.53 Å². The van der Waals surface area contributed by atoms with Crippen molar-refractivity contribution in [3.63, 3.8) is 0 Å². The van der Waals surface area contributed by atoms with Gasteiger partial charge in [0.25, 0.3) is 0 Å². The highest BCUT2D eigenvalue weighted by atomic mass is 32.2. The second-order valence-electron chi connectivity index (χ2n) is 4.02. The first-order valence-corrected chi connectivity index (χ1v) is 7.21. The molecule has 2 N–H and O–H groups in total. The number of anilines is 1. The number of amides is 1. The van der Waals surface area contributed by atoms with Gasteiger partial charge in [0.05, 0.1) is 13.7 Å². The molecule has 1 aromatic carbocycles. The van der Waals surface area contributed by atoms with E-state index < -0.39 is 0 Å². The summed E-state index contributed by atoms with van der Waals surface area (Å²) in [4.78, 5) is 11.7. The maximum absolute atomic E-state index is 11.7. The van der Waals surface area contributed by atoms with Crippen LogP contribution in [-0.4, -0.2) is 37.6 Å². The number of carbonyl (C=O) groups is 1. The Balaban J connectivity index is 2.39. The molecule has 0 aliphatic rings. The van der Waals surface area contributed by atoms with Crippen LogP contribution in [0.2, 0.25) is 0 Å².